The molecule has 0 spiro atoms. The molecule has 0 N–H and O–H groups in total. The van der Waals surface area contributed by atoms with E-state index >= 15 is 0 Å². The van der Waals surface area contributed by atoms with Crippen LogP contribution in [-0.2, 0) is 21.2 Å². The number of rotatable bonds is 3. The summed E-state index contributed by atoms with van der Waals surface area (Å²) in [5.41, 5.74) is 0. The third-order valence-electron chi connectivity index (χ3n) is 0.926. The van der Waals surface area contributed by atoms with Crippen molar-refractivity contribution in [2.45, 2.75) is 6.61 Å². The fourth-order valence-corrected chi connectivity index (χ4v) is 1.49. The van der Waals surface area contributed by atoms with Gasteiger partial charge in [0.05, 0.1) is 6.61 Å². The van der Waals surface area contributed by atoms with Gasteiger partial charge >= 0.3 is 0 Å². The fraction of sp³-hybridized carbons (Fsp3) is 0.200. The van der Waals surface area contributed by atoms with E-state index in [0.29, 0.717) is 4.88 Å². The fourth-order valence-electron chi connectivity index (χ4n) is 0.525. The molecule has 0 saturated heterocycles. The molecule has 0 saturated carbocycles. The summed E-state index contributed by atoms with van der Waals surface area (Å²) in [6, 6.07) is 3.44. The van der Waals surface area contributed by atoms with E-state index in [0.717, 1.165) is 0 Å². The van der Waals surface area contributed by atoms with Crippen molar-refractivity contribution in [3.63, 3.8) is 0 Å². The molecule has 0 aliphatic rings. The summed E-state index contributed by atoms with van der Waals surface area (Å²) < 4.78 is 33.9. The van der Waals surface area contributed by atoms with Crippen LogP contribution < -0.4 is 0 Å². The van der Waals surface area contributed by atoms with Crippen molar-refractivity contribution >= 4 is 21.7 Å². The monoisotopic (exact) mass is 193 g/mol. The van der Waals surface area contributed by atoms with Crippen molar-refractivity contribution in [3.05, 3.63) is 22.4 Å². The quantitative estimate of drug-likeness (QED) is 0.524. The average Bonchev–Trinajstić information content (AvgIpc) is 2.32. The van der Waals surface area contributed by atoms with Gasteiger partial charge in [-0.25, -0.2) is 8.42 Å². The minimum absolute atomic E-state index is 0.163. The molecule has 1 aromatic rings. The molecule has 0 amide bonds. The summed E-state index contributed by atoms with van der Waals surface area (Å²) in [6.07, 6.45) is 0. The highest BCUT2D eigenvalue weighted by molar-refractivity contribution is 7.80. The van der Waals surface area contributed by atoms with E-state index in [1.165, 1.54) is 11.3 Å². The maximum Gasteiger partial charge on any atom is 0.217 e. The average molecular weight is 193 g/mol. The van der Waals surface area contributed by atoms with Crippen molar-refractivity contribution in [2.24, 2.45) is 0 Å². The maximum atomic E-state index is 9.95. The Morgan fingerprint density at radius 3 is 2.82 bits per heavy atom. The Bertz CT molecular complexity index is 299. The van der Waals surface area contributed by atoms with Gasteiger partial charge in [0.15, 0.2) is 0 Å². The van der Waals surface area contributed by atoms with Gasteiger partial charge in [-0.3, -0.25) is 4.18 Å². The van der Waals surface area contributed by atoms with Gasteiger partial charge in [0.25, 0.3) is 0 Å². The number of hydrogen-bond acceptors (Lipinski definition) is 5. The highest BCUT2D eigenvalue weighted by Crippen LogP contribution is 2.10. The van der Waals surface area contributed by atoms with E-state index in [4.69, 9.17) is 0 Å². The second kappa shape index (κ2) is 3.31. The van der Waals surface area contributed by atoms with Gasteiger partial charge in [0.1, 0.15) is 0 Å². The minimum atomic E-state index is -4.54. The molecule has 0 unspecified atom stereocenters. The Balaban J connectivity index is 2.48. The van der Waals surface area contributed by atoms with Crippen LogP contribution in [0, 0.1) is 0 Å². The third kappa shape index (κ3) is 3.47. The van der Waals surface area contributed by atoms with Crippen LogP contribution in [0.5, 0.6) is 0 Å². The van der Waals surface area contributed by atoms with Crippen LogP contribution in [0.25, 0.3) is 0 Å². The summed E-state index contributed by atoms with van der Waals surface area (Å²) in [4.78, 5) is 0.712. The molecule has 0 radical (unpaired) electrons. The first-order valence-corrected chi connectivity index (χ1v) is 4.92. The zero-order valence-corrected chi connectivity index (χ0v) is 7.02. The molecule has 1 aromatic heterocycles. The van der Waals surface area contributed by atoms with E-state index < -0.39 is 10.4 Å². The first-order chi connectivity index (χ1) is 5.08. The van der Waals surface area contributed by atoms with E-state index in [2.05, 4.69) is 4.18 Å². The van der Waals surface area contributed by atoms with E-state index in [-0.39, 0.29) is 6.61 Å². The first-order valence-electron chi connectivity index (χ1n) is 2.70. The Morgan fingerprint density at radius 1 is 1.64 bits per heavy atom. The molecule has 0 aromatic carbocycles. The summed E-state index contributed by atoms with van der Waals surface area (Å²) >= 11 is 1.34. The smallest absolute Gasteiger partial charge is 0.217 e. The molecule has 0 fully saturated rings. The lowest BCUT2D eigenvalue weighted by atomic mass is 10.5. The van der Waals surface area contributed by atoms with Gasteiger partial charge in [-0.1, -0.05) is 6.07 Å². The van der Waals surface area contributed by atoms with Gasteiger partial charge in [-0.15, -0.1) is 11.3 Å². The van der Waals surface area contributed by atoms with Gasteiger partial charge < -0.3 is 4.55 Å². The van der Waals surface area contributed by atoms with Gasteiger partial charge in [0, 0.05) is 4.88 Å². The van der Waals surface area contributed by atoms with Gasteiger partial charge in [-0.05, 0) is 11.4 Å². The van der Waals surface area contributed by atoms with Crippen LogP contribution in [0.2, 0.25) is 0 Å². The molecule has 0 aliphatic carbocycles. The predicted octanol–water partition coefficient (Wildman–Crippen LogP) is 0.725. The molecule has 0 aliphatic heterocycles. The van der Waals surface area contributed by atoms with Gasteiger partial charge in [-0.2, -0.15) is 0 Å². The number of hydrogen-bond donors (Lipinski definition) is 0. The van der Waals surface area contributed by atoms with Crippen LogP contribution >= 0.6 is 11.3 Å². The summed E-state index contributed by atoms with van der Waals surface area (Å²) in [6.45, 7) is -0.163. The molecule has 62 valence electrons. The van der Waals surface area contributed by atoms with Crippen molar-refractivity contribution in [1.29, 1.82) is 0 Å². The third-order valence-corrected chi connectivity index (χ3v) is 2.18. The molecular formula is C5H5O4S2-. The van der Waals surface area contributed by atoms with Crippen LogP contribution in [0.3, 0.4) is 0 Å². The number of thiophene rings is 1. The topological polar surface area (TPSA) is 66.4 Å². The minimum Gasteiger partial charge on any atom is -0.726 e. The Kier molecular flexibility index (Phi) is 2.61. The van der Waals surface area contributed by atoms with Crippen molar-refractivity contribution < 1.29 is 17.2 Å². The molecule has 1 heterocycles. The highest BCUT2D eigenvalue weighted by atomic mass is 32.3. The first kappa shape index (κ1) is 8.66. The summed E-state index contributed by atoms with van der Waals surface area (Å²) in [5, 5.41) is 1.77. The van der Waals surface area contributed by atoms with Crippen molar-refractivity contribution in [3.8, 4) is 0 Å². The molecule has 0 atom stereocenters. The largest absolute Gasteiger partial charge is 0.726 e. The maximum absolute atomic E-state index is 9.95. The Hall–Kier alpha value is -0.430. The lowest BCUT2D eigenvalue weighted by Crippen LogP contribution is -2.02. The standard InChI is InChI=1S/C5H6O4S2/c6-11(7,8)9-4-5-2-1-3-10-5/h1-3H,4H2,(H,6,7,8)/p-1. The second-order valence-corrected chi connectivity index (χ2v) is 3.83. The summed E-state index contributed by atoms with van der Waals surface area (Å²) in [7, 11) is -4.54. The zero-order valence-electron chi connectivity index (χ0n) is 5.39. The molecule has 6 heteroatoms. The molecule has 11 heavy (non-hydrogen) atoms. The van der Waals surface area contributed by atoms with Crippen LogP contribution in [-0.4, -0.2) is 13.0 Å². The predicted molar refractivity (Wildman–Crippen MR) is 38.8 cm³/mol. The molecule has 4 nitrogen and oxygen atoms in total. The van der Waals surface area contributed by atoms with Crippen LogP contribution in [0.1, 0.15) is 4.88 Å². The van der Waals surface area contributed by atoms with E-state index in [9.17, 15) is 13.0 Å². The van der Waals surface area contributed by atoms with Crippen molar-refractivity contribution in [1.82, 2.24) is 0 Å². The molecule has 0 bridgehead atoms. The lowest BCUT2D eigenvalue weighted by molar-refractivity contribution is 0.255. The van der Waals surface area contributed by atoms with E-state index in [1.807, 2.05) is 0 Å². The summed E-state index contributed by atoms with van der Waals surface area (Å²) in [5.74, 6) is 0. The van der Waals surface area contributed by atoms with Gasteiger partial charge in [0.2, 0.25) is 10.4 Å². The second-order valence-electron chi connectivity index (χ2n) is 1.75. The normalized spacial score (nSPS) is 11.7. The highest BCUT2D eigenvalue weighted by Gasteiger charge is 1.96. The van der Waals surface area contributed by atoms with Crippen LogP contribution in [0.15, 0.2) is 17.5 Å². The Labute approximate surface area is 68.4 Å². The van der Waals surface area contributed by atoms with E-state index in [1.54, 1.807) is 17.5 Å². The molecule has 1 rings (SSSR count). The van der Waals surface area contributed by atoms with Crippen LogP contribution in [0.4, 0.5) is 0 Å². The molecular weight excluding hydrogens is 188 g/mol. The SMILES string of the molecule is O=S(=O)([O-])OCc1cccs1. The van der Waals surface area contributed by atoms with Crippen molar-refractivity contribution in [2.75, 3.05) is 0 Å². The zero-order chi connectivity index (χ0) is 8.32. The Morgan fingerprint density at radius 2 is 2.36 bits per heavy atom. The lowest BCUT2D eigenvalue weighted by Gasteiger charge is -2.04.